The molecule has 0 saturated carbocycles. The highest BCUT2D eigenvalue weighted by Crippen LogP contribution is 2.29. The first-order chi connectivity index (χ1) is 11.8. The molecular weight excluding hydrogens is 302 g/mol. The van der Waals surface area contributed by atoms with Crippen LogP contribution in [0.5, 0.6) is 11.5 Å². The summed E-state index contributed by atoms with van der Waals surface area (Å²) in [5.41, 5.74) is 13.6. The molecule has 1 aliphatic rings. The molecule has 1 saturated heterocycles. The van der Waals surface area contributed by atoms with Crippen LogP contribution in [0.15, 0.2) is 54.6 Å². The zero-order valence-corrected chi connectivity index (χ0v) is 13.9. The van der Waals surface area contributed by atoms with Crippen LogP contribution in [0.1, 0.15) is 18.5 Å². The van der Waals surface area contributed by atoms with Crippen molar-refractivity contribution in [2.45, 2.75) is 19.0 Å². The van der Waals surface area contributed by atoms with Crippen molar-refractivity contribution >= 4 is 0 Å². The van der Waals surface area contributed by atoms with E-state index in [1.54, 1.807) is 0 Å². The second-order valence-corrected chi connectivity index (χ2v) is 6.05. The van der Waals surface area contributed by atoms with E-state index in [-0.39, 0.29) is 6.04 Å². The lowest BCUT2D eigenvalue weighted by Gasteiger charge is -2.18. The number of nitrogens with one attached hydrogen (secondary N) is 2. The molecule has 1 aliphatic heterocycles. The van der Waals surface area contributed by atoms with Crippen LogP contribution in [0, 0.1) is 5.92 Å². The van der Waals surface area contributed by atoms with E-state index in [1.807, 2.05) is 42.5 Å². The van der Waals surface area contributed by atoms with E-state index >= 15 is 0 Å². The van der Waals surface area contributed by atoms with Crippen molar-refractivity contribution in [3.8, 4) is 11.5 Å². The van der Waals surface area contributed by atoms with Crippen LogP contribution in [0.2, 0.25) is 0 Å². The number of hydrogen-bond acceptors (Lipinski definition) is 5. The molecule has 0 spiro atoms. The van der Waals surface area contributed by atoms with Crippen molar-refractivity contribution < 1.29 is 9.47 Å². The highest BCUT2D eigenvalue weighted by Gasteiger charge is 2.32. The molecule has 3 atom stereocenters. The maximum absolute atomic E-state index is 5.76. The molecule has 1 fully saturated rings. The summed E-state index contributed by atoms with van der Waals surface area (Å²) < 4.78 is 11.3. The van der Waals surface area contributed by atoms with Gasteiger partial charge in [0.15, 0.2) is 0 Å². The standard InChI is InChI=1S/C19H25N3O2/c1-14-18(13-20)21-22-19(14)15-7-9-17(10-8-15)24-12-11-23-16-5-3-2-4-6-16/h2-10,14,18-19,21-22H,11-13,20H2,1H3. The second kappa shape index (κ2) is 8.15. The Morgan fingerprint density at radius 3 is 2.08 bits per heavy atom. The van der Waals surface area contributed by atoms with Gasteiger partial charge < -0.3 is 15.2 Å². The minimum Gasteiger partial charge on any atom is -0.490 e. The number of hydrogen-bond donors (Lipinski definition) is 3. The molecule has 0 bridgehead atoms. The maximum Gasteiger partial charge on any atom is 0.122 e. The summed E-state index contributed by atoms with van der Waals surface area (Å²) in [4.78, 5) is 0. The van der Waals surface area contributed by atoms with Crippen LogP contribution >= 0.6 is 0 Å². The Morgan fingerprint density at radius 1 is 0.875 bits per heavy atom. The monoisotopic (exact) mass is 327 g/mol. The van der Waals surface area contributed by atoms with Gasteiger partial charge in [-0.2, -0.15) is 0 Å². The van der Waals surface area contributed by atoms with Crippen LogP contribution in [0.3, 0.4) is 0 Å². The van der Waals surface area contributed by atoms with Crippen molar-refractivity contribution in [1.29, 1.82) is 0 Å². The third-order valence-electron chi connectivity index (χ3n) is 4.44. The molecule has 128 valence electrons. The van der Waals surface area contributed by atoms with E-state index < -0.39 is 0 Å². The fourth-order valence-corrected chi connectivity index (χ4v) is 2.96. The van der Waals surface area contributed by atoms with E-state index in [0.717, 1.165) is 11.5 Å². The van der Waals surface area contributed by atoms with Crippen molar-refractivity contribution in [3.05, 3.63) is 60.2 Å². The molecule has 0 aliphatic carbocycles. The quantitative estimate of drug-likeness (QED) is 0.681. The van der Waals surface area contributed by atoms with Crippen molar-refractivity contribution in [2.75, 3.05) is 19.8 Å². The van der Waals surface area contributed by atoms with E-state index in [1.165, 1.54) is 5.56 Å². The predicted octanol–water partition coefficient (Wildman–Crippen LogP) is 2.26. The van der Waals surface area contributed by atoms with Gasteiger partial charge >= 0.3 is 0 Å². The molecule has 5 nitrogen and oxygen atoms in total. The number of para-hydroxylation sites is 1. The minimum atomic E-state index is 0.272. The lowest BCUT2D eigenvalue weighted by molar-refractivity contribution is 0.217. The molecular formula is C19H25N3O2. The molecule has 1 heterocycles. The van der Waals surface area contributed by atoms with Gasteiger partial charge in [-0.05, 0) is 35.7 Å². The highest BCUT2D eigenvalue weighted by molar-refractivity contribution is 5.30. The summed E-state index contributed by atoms with van der Waals surface area (Å²) in [5, 5.41) is 0. The first kappa shape index (κ1) is 16.8. The van der Waals surface area contributed by atoms with Gasteiger partial charge in [0.1, 0.15) is 24.7 Å². The summed E-state index contributed by atoms with van der Waals surface area (Å²) >= 11 is 0. The molecule has 5 heteroatoms. The highest BCUT2D eigenvalue weighted by atomic mass is 16.5. The summed E-state index contributed by atoms with van der Waals surface area (Å²) in [5.74, 6) is 2.16. The van der Waals surface area contributed by atoms with Gasteiger partial charge in [0.25, 0.3) is 0 Å². The van der Waals surface area contributed by atoms with Gasteiger partial charge in [-0.15, -0.1) is 0 Å². The largest absolute Gasteiger partial charge is 0.490 e. The number of hydrazine groups is 1. The Morgan fingerprint density at radius 2 is 1.50 bits per heavy atom. The van der Waals surface area contributed by atoms with Gasteiger partial charge in [0, 0.05) is 12.6 Å². The molecule has 4 N–H and O–H groups in total. The molecule has 3 unspecified atom stereocenters. The van der Waals surface area contributed by atoms with Crippen LogP contribution in [-0.4, -0.2) is 25.8 Å². The fraction of sp³-hybridized carbons (Fsp3) is 0.368. The zero-order valence-electron chi connectivity index (χ0n) is 13.9. The molecule has 2 aromatic rings. The molecule has 24 heavy (non-hydrogen) atoms. The Bertz CT molecular complexity index is 618. The summed E-state index contributed by atoms with van der Waals surface area (Å²) in [6.07, 6.45) is 0. The van der Waals surface area contributed by atoms with Crippen LogP contribution in [0.4, 0.5) is 0 Å². The topological polar surface area (TPSA) is 68.5 Å². The smallest absolute Gasteiger partial charge is 0.122 e. The average molecular weight is 327 g/mol. The third-order valence-corrected chi connectivity index (χ3v) is 4.44. The van der Waals surface area contributed by atoms with Crippen molar-refractivity contribution in [2.24, 2.45) is 11.7 Å². The molecule has 0 aromatic heterocycles. The molecule has 3 rings (SSSR count). The zero-order chi connectivity index (χ0) is 16.8. The normalized spacial score (nSPS) is 23.2. The molecule has 0 radical (unpaired) electrons. The van der Waals surface area contributed by atoms with Gasteiger partial charge in [-0.3, -0.25) is 5.43 Å². The van der Waals surface area contributed by atoms with Gasteiger partial charge in [-0.25, -0.2) is 5.43 Å². The number of ether oxygens (including phenoxy) is 2. The first-order valence-corrected chi connectivity index (χ1v) is 8.39. The lowest BCUT2D eigenvalue weighted by Crippen LogP contribution is -2.37. The fourth-order valence-electron chi connectivity index (χ4n) is 2.96. The van der Waals surface area contributed by atoms with E-state index in [4.69, 9.17) is 15.2 Å². The third kappa shape index (κ3) is 4.06. The van der Waals surface area contributed by atoms with Crippen LogP contribution < -0.4 is 26.1 Å². The Balaban J connectivity index is 1.46. The van der Waals surface area contributed by atoms with Crippen molar-refractivity contribution in [3.63, 3.8) is 0 Å². The summed E-state index contributed by atoms with van der Waals surface area (Å²) in [6, 6.07) is 18.5. The van der Waals surface area contributed by atoms with E-state index in [2.05, 4.69) is 29.9 Å². The number of benzene rings is 2. The van der Waals surface area contributed by atoms with Gasteiger partial charge in [0.05, 0.1) is 6.04 Å². The maximum atomic E-state index is 5.76. The van der Waals surface area contributed by atoms with Gasteiger partial charge in [-0.1, -0.05) is 37.3 Å². The Hall–Kier alpha value is -2.08. The Kier molecular flexibility index (Phi) is 5.69. The lowest BCUT2D eigenvalue weighted by atomic mass is 9.91. The Labute approximate surface area is 143 Å². The first-order valence-electron chi connectivity index (χ1n) is 8.39. The van der Waals surface area contributed by atoms with E-state index in [0.29, 0.717) is 31.7 Å². The van der Waals surface area contributed by atoms with Crippen molar-refractivity contribution in [1.82, 2.24) is 10.9 Å². The van der Waals surface area contributed by atoms with Crippen LogP contribution in [0.25, 0.3) is 0 Å². The number of rotatable bonds is 7. The number of nitrogens with two attached hydrogens (primary N) is 1. The minimum absolute atomic E-state index is 0.272. The van der Waals surface area contributed by atoms with E-state index in [9.17, 15) is 0 Å². The summed E-state index contributed by atoms with van der Waals surface area (Å²) in [6.45, 7) is 3.88. The van der Waals surface area contributed by atoms with Crippen LogP contribution in [-0.2, 0) is 0 Å². The predicted molar refractivity (Wildman–Crippen MR) is 94.9 cm³/mol. The summed E-state index contributed by atoms with van der Waals surface area (Å²) in [7, 11) is 0. The van der Waals surface area contributed by atoms with Gasteiger partial charge in [0.2, 0.25) is 0 Å². The average Bonchev–Trinajstić information content (AvgIpc) is 3.01. The second-order valence-electron chi connectivity index (χ2n) is 6.05. The SMILES string of the molecule is CC1C(CN)NNC1c1ccc(OCCOc2ccccc2)cc1. The molecule has 0 amide bonds. The molecule has 2 aromatic carbocycles.